The molecule has 2 rings (SSSR count). The number of primary amides is 1. The largest absolute Gasteiger partial charge is 0.483 e. The van der Waals surface area contributed by atoms with Gasteiger partial charge in [0.25, 0.3) is 5.91 Å². The van der Waals surface area contributed by atoms with E-state index in [-0.39, 0.29) is 6.61 Å². The van der Waals surface area contributed by atoms with Gasteiger partial charge >= 0.3 is 0 Å². The lowest BCUT2D eigenvalue weighted by Gasteiger charge is -2.10. The molecule has 0 aliphatic rings. The molecule has 2 aromatic rings. The highest BCUT2D eigenvalue weighted by Gasteiger charge is 2.04. The topological polar surface area (TPSA) is 64.3 Å². The zero-order valence-corrected chi connectivity index (χ0v) is 14.0. The van der Waals surface area contributed by atoms with E-state index in [0.29, 0.717) is 12.3 Å². The van der Waals surface area contributed by atoms with Crippen LogP contribution in [0, 0.1) is 0 Å². The molecule has 0 bridgehead atoms. The Bertz CT molecular complexity index is 642. The van der Waals surface area contributed by atoms with Crippen LogP contribution in [-0.2, 0) is 17.8 Å². The maximum absolute atomic E-state index is 10.7. The summed E-state index contributed by atoms with van der Waals surface area (Å²) in [5, 5.41) is 3.37. The molecule has 0 atom stereocenters. The molecule has 0 aliphatic carbocycles. The normalized spacial score (nSPS) is 10.3. The van der Waals surface area contributed by atoms with Crippen molar-refractivity contribution in [2.24, 2.45) is 5.73 Å². The molecule has 0 saturated heterocycles. The molecule has 116 valence electrons. The third-order valence-electron chi connectivity index (χ3n) is 3.23. The van der Waals surface area contributed by atoms with E-state index in [1.165, 1.54) is 5.56 Å². The number of carbonyl (C=O) groups is 1. The van der Waals surface area contributed by atoms with Gasteiger partial charge in [0.05, 0.1) is 4.47 Å². The lowest BCUT2D eigenvalue weighted by atomic mass is 10.1. The number of hydrogen-bond donors (Lipinski definition) is 2. The number of nitrogens with one attached hydrogen (secondary N) is 1. The van der Waals surface area contributed by atoms with Gasteiger partial charge in [-0.15, -0.1) is 0 Å². The number of benzene rings is 2. The van der Waals surface area contributed by atoms with Gasteiger partial charge in [0, 0.05) is 12.2 Å². The van der Waals surface area contributed by atoms with Gasteiger partial charge in [0.1, 0.15) is 5.75 Å². The summed E-state index contributed by atoms with van der Waals surface area (Å²) >= 11 is 3.44. The number of nitrogens with two attached hydrogens (primary N) is 1. The van der Waals surface area contributed by atoms with Crippen LogP contribution in [0.2, 0.25) is 0 Å². The summed E-state index contributed by atoms with van der Waals surface area (Å²) in [6.07, 6.45) is 1.04. The molecular weight excluding hydrogens is 344 g/mol. The van der Waals surface area contributed by atoms with Gasteiger partial charge in [-0.2, -0.15) is 0 Å². The second kappa shape index (κ2) is 7.84. The third-order valence-corrected chi connectivity index (χ3v) is 3.84. The van der Waals surface area contributed by atoms with Gasteiger partial charge in [-0.05, 0) is 57.7 Å². The summed E-state index contributed by atoms with van der Waals surface area (Å²) in [5.74, 6) is 0.114. The van der Waals surface area contributed by atoms with E-state index in [1.807, 2.05) is 18.2 Å². The molecule has 5 heteroatoms. The maximum atomic E-state index is 10.7. The van der Waals surface area contributed by atoms with Crippen molar-refractivity contribution in [3.05, 3.63) is 58.1 Å². The average Bonchev–Trinajstić information content (AvgIpc) is 2.52. The van der Waals surface area contributed by atoms with E-state index < -0.39 is 5.91 Å². The SMILES string of the molecule is CCc1ccc(NCc2ccc(OCC(N)=O)c(Br)c2)cc1. The molecule has 0 heterocycles. The van der Waals surface area contributed by atoms with Gasteiger partial charge in [-0.3, -0.25) is 4.79 Å². The fourth-order valence-corrected chi connectivity index (χ4v) is 2.52. The molecule has 2 aromatic carbocycles. The first-order valence-corrected chi connectivity index (χ1v) is 7.90. The van der Waals surface area contributed by atoms with Crippen LogP contribution in [0.15, 0.2) is 46.9 Å². The van der Waals surface area contributed by atoms with E-state index >= 15 is 0 Å². The average molecular weight is 363 g/mol. The summed E-state index contributed by atoms with van der Waals surface area (Å²) in [6.45, 7) is 2.72. The van der Waals surface area contributed by atoms with Crippen molar-refractivity contribution >= 4 is 27.5 Å². The predicted molar refractivity (Wildman–Crippen MR) is 92.0 cm³/mol. The summed E-state index contributed by atoms with van der Waals surface area (Å²) in [7, 11) is 0. The number of aryl methyl sites for hydroxylation is 1. The zero-order valence-electron chi connectivity index (χ0n) is 12.4. The second-order valence-electron chi connectivity index (χ2n) is 4.92. The Morgan fingerprint density at radius 1 is 1.18 bits per heavy atom. The minimum absolute atomic E-state index is 0.125. The third kappa shape index (κ3) is 4.77. The number of carbonyl (C=O) groups excluding carboxylic acids is 1. The minimum atomic E-state index is -0.492. The van der Waals surface area contributed by atoms with Crippen molar-refractivity contribution < 1.29 is 9.53 Å². The Labute approximate surface area is 138 Å². The Hall–Kier alpha value is -2.01. The van der Waals surface area contributed by atoms with E-state index in [2.05, 4.69) is 52.4 Å². The van der Waals surface area contributed by atoms with Crippen molar-refractivity contribution in [1.82, 2.24) is 0 Å². The number of hydrogen-bond acceptors (Lipinski definition) is 3. The van der Waals surface area contributed by atoms with Crippen LogP contribution >= 0.6 is 15.9 Å². The molecule has 0 fully saturated rings. The molecule has 1 amide bonds. The quantitative estimate of drug-likeness (QED) is 0.792. The predicted octanol–water partition coefficient (Wildman–Crippen LogP) is 3.49. The molecule has 0 unspecified atom stereocenters. The maximum Gasteiger partial charge on any atom is 0.255 e. The Balaban J connectivity index is 1.95. The highest BCUT2D eigenvalue weighted by Crippen LogP contribution is 2.26. The standard InChI is InChI=1S/C17H19BrN2O2/c1-2-12-3-6-14(7-4-12)20-10-13-5-8-16(15(18)9-13)22-11-17(19)21/h3-9,20H,2,10-11H2,1H3,(H2,19,21). The van der Waals surface area contributed by atoms with Crippen LogP contribution in [0.1, 0.15) is 18.1 Å². The number of amides is 1. The fourth-order valence-electron chi connectivity index (χ4n) is 1.98. The van der Waals surface area contributed by atoms with E-state index in [9.17, 15) is 4.79 Å². The minimum Gasteiger partial charge on any atom is -0.483 e. The highest BCUT2D eigenvalue weighted by molar-refractivity contribution is 9.10. The number of rotatable bonds is 7. The van der Waals surface area contributed by atoms with Crippen LogP contribution in [0.25, 0.3) is 0 Å². The first kappa shape index (κ1) is 16.4. The van der Waals surface area contributed by atoms with Gasteiger partial charge < -0.3 is 15.8 Å². The Kier molecular flexibility index (Phi) is 5.83. The number of ether oxygens (including phenoxy) is 1. The van der Waals surface area contributed by atoms with E-state index in [4.69, 9.17) is 10.5 Å². The highest BCUT2D eigenvalue weighted by atomic mass is 79.9. The monoisotopic (exact) mass is 362 g/mol. The number of anilines is 1. The van der Waals surface area contributed by atoms with Crippen LogP contribution in [0.5, 0.6) is 5.75 Å². The van der Waals surface area contributed by atoms with Crippen LogP contribution in [0.4, 0.5) is 5.69 Å². The summed E-state index contributed by atoms with van der Waals surface area (Å²) in [4.78, 5) is 10.7. The van der Waals surface area contributed by atoms with Gasteiger partial charge in [-0.25, -0.2) is 0 Å². The van der Waals surface area contributed by atoms with Crippen molar-refractivity contribution in [3.8, 4) is 5.75 Å². The van der Waals surface area contributed by atoms with Crippen molar-refractivity contribution in [3.63, 3.8) is 0 Å². The van der Waals surface area contributed by atoms with E-state index in [0.717, 1.165) is 22.1 Å². The first-order chi connectivity index (χ1) is 10.6. The van der Waals surface area contributed by atoms with Crippen molar-refractivity contribution in [2.45, 2.75) is 19.9 Å². The van der Waals surface area contributed by atoms with Crippen LogP contribution in [-0.4, -0.2) is 12.5 Å². The van der Waals surface area contributed by atoms with Crippen LogP contribution in [0.3, 0.4) is 0 Å². The molecule has 3 N–H and O–H groups in total. The fraction of sp³-hybridized carbons (Fsp3) is 0.235. The van der Waals surface area contributed by atoms with Crippen LogP contribution < -0.4 is 15.8 Å². The van der Waals surface area contributed by atoms with E-state index in [1.54, 1.807) is 0 Å². The summed E-state index contributed by atoms with van der Waals surface area (Å²) < 4.78 is 6.10. The molecule has 0 aromatic heterocycles. The lowest BCUT2D eigenvalue weighted by molar-refractivity contribution is -0.119. The number of halogens is 1. The van der Waals surface area contributed by atoms with Gasteiger partial charge in [-0.1, -0.05) is 25.1 Å². The molecular formula is C17H19BrN2O2. The Morgan fingerprint density at radius 3 is 2.45 bits per heavy atom. The smallest absolute Gasteiger partial charge is 0.255 e. The molecule has 0 radical (unpaired) electrons. The molecule has 0 aliphatic heterocycles. The molecule has 0 saturated carbocycles. The Morgan fingerprint density at radius 2 is 1.86 bits per heavy atom. The summed E-state index contributed by atoms with van der Waals surface area (Å²) in [6, 6.07) is 14.1. The molecule has 0 spiro atoms. The molecule has 4 nitrogen and oxygen atoms in total. The van der Waals surface area contributed by atoms with Gasteiger partial charge in [0.15, 0.2) is 6.61 Å². The zero-order chi connectivity index (χ0) is 15.9. The second-order valence-corrected chi connectivity index (χ2v) is 5.78. The van der Waals surface area contributed by atoms with Crippen molar-refractivity contribution in [2.75, 3.05) is 11.9 Å². The van der Waals surface area contributed by atoms with Gasteiger partial charge in [0.2, 0.25) is 0 Å². The first-order valence-electron chi connectivity index (χ1n) is 7.11. The summed E-state index contributed by atoms with van der Waals surface area (Å²) in [5.41, 5.74) is 8.58. The van der Waals surface area contributed by atoms with Crippen molar-refractivity contribution in [1.29, 1.82) is 0 Å². The molecule has 22 heavy (non-hydrogen) atoms. The lowest BCUT2D eigenvalue weighted by Crippen LogP contribution is -2.20.